The fourth-order valence-electron chi connectivity index (χ4n) is 5.57. The average molecular weight is 524 g/mol. The highest BCUT2D eigenvalue weighted by Gasteiger charge is 2.39. The Morgan fingerprint density at radius 2 is 1.68 bits per heavy atom. The normalized spacial score (nSPS) is 17.2. The van der Waals surface area contributed by atoms with Crippen molar-refractivity contribution in [3.8, 4) is 28.1 Å². The summed E-state index contributed by atoms with van der Waals surface area (Å²) in [5, 5.41) is 42.3. The lowest BCUT2D eigenvalue weighted by Gasteiger charge is -2.46. The van der Waals surface area contributed by atoms with E-state index in [-0.39, 0.29) is 40.8 Å². The number of rotatable bonds is 3. The highest BCUT2D eigenvalue weighted by Crippen LogP contribution is 2.37. The Kier molecular flexibility index (Phi) is 5.87. The third kappa shape index (κ3) is 4.49. The van der Waals surface area contributed by atoms with Crippen molar-refractivity contribution in [1.29, 1.82) is 0 Å². The van der Waals surface area contributed by atoms with Crippen LogP contribution in [0.1, 0.15) is 46.6 Å². The minimum atomic E-state index is -0.486. The van der Waals surface area contributed by atoms with E-state index in [1.807, 2.05) is 4.68 Å². The highest BCUT2D eigenvalue weighted by molar-refractivity contribution is 5.85. The van der Waals surface area contributed by atoms with Crippen molar-refractivity contribution in [2.75, 3.05) is 0 Å². The summed E-state index contributed by atoms with van der Waals surface area (Å²) in [4.78, 5) is 0. The van der Waals surface area contributed by atoms with Crippen LogP contribution in [0.5, 0.6) is 5.75 Å². The smallest absolute Gasteiger partial charge is 0.201 e. The number of hydrogen-bond donors (Lipinski definition) is 3. The summed E-state index contributed by atoms with van der Waals surface area (Å²) in [5.74, 6) is -0.490. The first-order chi connectivity index (χ1) is 17.1. The SMILES string of the molecule is CC1(C)CC(n2nnc3cc(-c4ccc(-c5cc(F)c6n[nH]nc6c5)cc4O)nnc32)CC(C)(C)N1.Cl. The Hall–Kier alpha value is -3.70. The molecule has 1 saturated heterocycles. The fourth-order valence-corrected chi connectivity index (χ4v) is 5.57. The summed E-state index contributed by atoms with van der Waals surface area (Å²) in [6, 6.07) is 10.1. The average Bonchev–Trinajstić information content (AvgIpc) is 3.44. The van der Waals surface area contributed by atoms with E-state index >= 15 is 0 Å². The monoisotopic (exact) mass is 523 g/mol. The lowest BCUT2D eigenvalue weighted by molar-refractivity contribution is 0.127. The van der Waals surface area contributed by atoms with E-state index in [0.29, 0.717) is 39.1 Å². The van der Waals surface area contributed by atoms with Crippen molar-refractivity contribution in [2.45, 2.75) is 57.7 Å². The van der Waals surface area contributed by atoms with Gasteiger partial charge in [0.2, 0.25) is 5.65 Å². The third-order valence-corrected chi connectivity index (χ3v) is 6.72. The molecule has 4 heterocycles. The Bertz CT molecular complexity index is 1610. The van der Waals surface area contributed by atoms with Gasteiger partial charge in [-0.3, -0.25) is 0 Å². The number of benzene rings is 2. The summed E-state index contributed by atoms with van der Waals surface area (Å²) in [5.41, 5.74) is 3.89. The van der Waals surface area contributed by atoms with E-state index in [4.69, 9.17) is 0 Å². The first kappa shape index (κ1) is 25.0. The largest absolute Gasteiger partial charge is 0.507 e. The maximum absolute atomic E-state index is 14.4. The number of aromatic hydroxyl groups is 1. The van der Waals surface area contributed by atoms with Crippen LogP contribution in [-0.4, -0.2) is 56.8 Å². The number of hydrogen-bond acceptors (Lipinski definition) is 8. The van der Waals surface area contributed by atoms with Crippen molar-refractivity contribution in [3.63, 3.8) is 0 Å². The zero-order chi connectivity index (χ0) is 25.2. The van der Waals surface area contributed by atoms with Gasteiger partial charge in [-0.1, -0.05) is 11.3 Å². The molecule has 0 atom stereocenters. The Balaban J connectivity index is 0.00000280. The number of phenolic OH excluding ortho intramolecular Hbond substituents is 1. The zero-order valence-electron chi connectivity index (χ0n) is 20.8. The molecule has 1 fully saturated rings. The van der Waals surface area contributed by atoms with E-state index in [0.717, 1.165) is 12.8 Å². The summed E-state index contributed by atoms with van der Waals surface area (Å²) in [7, 11) is 0. The summed E-state index contributed by atoms with van der Waals surface area (Å²) < 4.78 is 16.2. The molecule has 2 aromatic carbocycles. The molecule has 0 saturated carbocycles. The van der Waals surface area contributed by atoms with E-state index in [1.54, 1.807) is 30.3 Å². The first-order valence-electron chi connectivity index (χ1n) is 11.8. The van der Waals surface area contributed by atoms with Gasteiger partial charge in [-0.25, -0.2) is 9.07 Å². The number of fused-ring (bicyclic) bond motifs is 2. The number of nitrogens with one attached hydrogen (secondary N) is 2. The maximum atomic E-state index is 14.4. The summed E-state index contributed by atoms with van der Waals surface area (Å²) in [6.45, 7) is 8.76. The van der Waals surface area contributed by atoms with Crippen LogP contribution >= 0.6 is 12.4 Å². The quantitative estimate of drug-likeness (QED) is 0.313. The number of nitrogens with zero attached hydrogens (tertiary/aromatic N) is 7. The molecule has 3 aromatic heterocycles. The van der Waals surface area contributed by atoms with Crippen LogP contribution < -0.4 is 5.32 Å². The number of phenols is 1. The first-order valence-corrected chi connectivity index (χ1v) is 11.8. The van der Waals surface area contributed by atoms with E-state index < -0.39 is 5.82 Å². The number of aromatic nitrogens is 8. The number of H-pyrrole nitrogens is 1. The second kappa shape index (κ2) is 8.70. The van der Waals surface area contributed by atoms with Crippen LogP contribution in [-0.2, 0) is 0 Å². The molecule has 5 aromatic rings. The summed E-state index contributed by atoms with van der Waals surface area (Å²) >= 11 is 0. The van der Waals surface area contributed by atoms with Gasteiger partial charge in [-0.2, -0.15) is 15.4 Å². The molecule has 6 rings (SSSR count). The molecule has 12 heteroatoms. The Morgan fingerprint density at radius 3 is 2.41 bits per heavy atom. The van der Waals surface area contributed by atoms with Gasteiger partial charge in [0.1, 0.15) is 22.3 Å². The van der Waals surface area contributed by atoms with Gasteiger partial charge in [0.05, 0.1) is 11.7 Å². The van der Waals surface area contributed by atoms with Crippen LogP contribution in [0.15, 0.2) is 36.4 Å². The maximum Gasteiger partial charge on any atom is 0.201 e. The second-order valence-electron chi connectivity index (χ2n) is 10.8. The molecule has 1 aliphatic rings. The second-order valence-corrected chi connectivity index (χ2v) is 10.8. The van der Waals surface area contributed by atoms with E-state index in [2.05, 4.69) is 68.9 Å². The van der Waals surface area contributed by atoms with Gasteiger partial charge in [0, 0.05) is 16.6 Å². The predicted octanol–water partition coefficient (Wildman–Crippen LogP) is 4.57. The lowest BCUT2D eigenvalue weighted by Crippen LogP contribution is -2.58. The molecule has 0 amide bonds. The highest BCUT2D eigenvalue weighted by atomic mass is 35.5. The molecule has 37 heavy (non-hydrogen) atoms. The third-order valence-electron chi connectivity index (χ3n) is 6.72. The van der Waals surface area contributed by atoms with Crippen molar-refractivity contribution in [3.05, 3.63) is 42.2 Å². The number of piperidine rings is 1. The molecule has 1 aliphatic heterocycles. The summed E-state index contributed by atoms with van der Waals surface area (Å²) in [6.07, 6.45) is 1.78. The van der Waals surface area contributed by atoms with Crippen LogP contribution in [0.3, 0.4) is 0 Å². The molecular weight excluding hydrogens is 497 g/mol. The number of aromatic amines is 1. The molecule has 0 bridgehead atoms. The molecule has 0 unspecified atom stereocenters. The zero-order valence-corrected chi connectivity index (χ0v) is 21.6. The molecule has 0 radical (unpaired) electrons. The van der Waals surface area contributed by atoms with Gasteiger partial charge in [0.25, 0.3) is 0 Å². The Labute approximate surface area is 218 Å². The molecule has 0 spiro atoms. The lowest BCUT2D eigenvalue weighted by atomic mass is 9.80. The van der Waals surface area contributed by atoms with Crippen molar-refractivity contribution in [2.24, 2.45) is 0 Å². The van der Waals surface area contributed by atoms with Gasteiger partial charge in [-0.05, 0) is 82.0 Å². The molecular formula is C25H27ClFN9O. The van der Waals surface area contributed by atoms with Crippen LogP contribution in [0, 0.1) is 5.82 Å². The van der Waals surface area contributed by atoms with Crippen LogP contribution in [0.4, 0.5) is 4.39 Å². The van der Waals surface area contributed by atoms with E-state index in [9.17, 15) is 9.50 Å². The van der Waals surface area contributed by atoms with Gasteiger partial charge in [0.15, 0.2) is 5.82 Å². The van der Waals surface area contributed by atoms with Gasteiger partial charge >= 0.3 is 0 Å². The van der Waals surface area contributed by atoms with Gasteiger partial charge in [-0.15, -0.1) is 27.7 Å². The van der Waals surface area contributed by atoms with Crippen molar-refractivity contribution < 1.29 is 9.50 Å². The molecule has 3 N–H and O–H groups in total. The predicted molar refractivity (Wildman–Crippen MR) is 140 cm³/mol. The van der Waals surface area contributed by atoms with Crippen molar-refractivity contribution in [1.82, 2.24) is 45.9 Å². The van der Waals surface area contributed by atoms with E-state index in [1.165, 1.54) is 6.07 Å². The standard InChI is InChI=1S/C25H26FN9O.ClH/c1-24(2)11-15(12-25(3,4)32-24)35-23-20(29-34-35)10-18(27-31-23)16-6-5-13(9-21(16)36)14-7-17(26)22-19(8-14)28-33-30-22;/h5-10,15,32,36H,11-12H2,1-4H3,(H,28,30,33);1H. The minimum Gasteiger partial charge on any atom is -0.507 e. The van der Waals surface area contributed by atoms with Gasteiger partial charge < -0.3 is 10.4 Å². The fraction of sp³-hybridized carbons (Fsp3) is 0.360. The van der Waals surface area contributed by atoms with Crippen LogP contribution in [0.2, 0.25) is 0 Å². The van der Waals surface area contributed by atoms with Crippen molar-refractivity contribution >= 4 is 34.6 Å². The topological polar surface area (TPSA) is 130 Å². The van der Waals surface area contributed by atoms with Crippen LogP contribution in [0.25, 0.3) is 44.6 Å². The minimum absolute atomic E-state index is 0. The molecule has 10 nitrogen and oxygen atoms in total. The Morgan fingerprint density at radius 1 is 0.919 bits per heavy atom. The molecule has 0 aliphatic carbocycles. The number of halogens is 2. The molecule has 192 valence electrons.